The molecule has 0 aromatic heterocycles. The second kappa shape index (κ2) is 9.56. The highest BCUT2D eigenvalue weighted by Gasteiger charge is 2.25. The van der Waals surface area contributed by atoms with Crippen molar-refractivity contribution in [2.24, 2.45) is 0 Å². The van der Waals surface area contributed by atoms with Crippen molar-refractivity contribution in [2.45, 2.75) is 32.7 Å². The van der Waals surface area contributed by atoms with Crippen LogP contribution in [0.3, 0.4) is 0 Å². The van der Waals surface area contributed by atoms with E-state index >= 15 is 0 Å². The van der Waals surface area contributed by atoms with Gasteiger partial charge in [0.2, 0.25) is 0 Å². The third kappa shape index (κ3) is 5.36. The number of carbonyl (C=O) groups excluding carboxylic acids is 2. The summed E-state index contributed by atoms with van der Waals surface area (Å²) in [6.45, 7) is 8.51. The molecule has 0 bridgehead atoms. The molecule has 1 saturated heterocycles. The van der Waals surface area contributed by atoms with Crippen molar-refractivity contribution in [2.75, 3.05) is 36.6 Å². The molecule has 0 spiro atoms. The van der Waals surface area contributed by atoms with Gasteiger partial charge < -0.3 is 9.64 Å². The molecule has 160 valence electrons. The number of benzene rings is 2. The zero-order valence-corrected chi connectivity index (χ0v) is 19.0. The number of esters is 1. The van der Waals surface area contributed by atoms with Crippen LogP contribution in [-0.4, -0.2) is 48.6 Å². The van der Waals surface area contributed by atoms with E-state index in [-0.39, 0.29) is 17.4 Å². The molecular weight excluding hydrogens is 396 g/mol. The molecule has 2 aromatic rings. The van der Waals surface area contributed by atoms with Crippen LogP contribution in [0.4, 0.5) is 10.5 Å². The topological polar surface area (TPSA) is 49.9 Å². The Bertz CT molecular complexity index is 867. The highest BCUT2D eigenvalue weighted by Crippen LogP contribution is 2.27. The minimum absolute atomic E-state index is 0.0239. The van der Waals surface area contributed by atoms with E-state index in [4.69, 9.17) is 4.74 Å². The molecular formula is C24H30N2O3S. The molecule has 2 amide bonds. The lowest BCUT2D eigenvalue weighted by atomic mass is 9.87. The van der Waals surface area contributed by atoms with Gasteiger partial charge in [0.25, 0.3) is 0 Å². The summed E-state index contributed by atoms with van der Waals surface area (Å²) in [6.07, 6.45) is 0. The van der Waals surface area contributed by atoms with Gasteiger partial charge in [0.1, 0.15) is 0 Å². The minimum atomic E-state index is -0.363. The molecule has 0 atom stereocenters. The van der Waals surface area contributed by atoms with E-state index in [1.807, 2.05) is 45.8 Å². The fourth-order valence-corrected chi connectivity index (χ4v) is 4.29. The number of urea groups is 1. The largest absolute Gasteiger partial charge is 0.465 e. The van der Waals surface area contributed by atoms with Crippen LogP contribution in [0.2, 0.25) is 0 Å². The summed E-state index contributed by atoms with van der Waals surface area (Å²) < 4.78 is 4.77. The summed E-state index contributed by atoms with van der Waals surface area (Å²) in [5.74, 6) is 1.57. The first-order valence-corrected chi connectivity index (χ1v) is 11.4. The number of amides is 2. The Kier molecular flexibility index (Phi) is 7.08. The first-order valence-electron chi connectivity index (χ1n) is 10.2. The highest BCUT2D eigenvalue weighted by molar-refractivity contribution is 7.99. The van der Waals surface area contributed by atoms with E-state index in [0.29, 0.717) is 12.1 Å². The molecule has 0 aliphatic carbocycles. The molecule has 6 heteroatoms. The minimum Gasteiger partial charge on any atom is -0.465 e. The maximum Gasteiger partial charge on any atom is 0.337 e. The van der Waals surface area contributed by atoms with Gasteiger partial charge in [0.05, 0.1) is 19.2 Å². The molecule has 0 saturated carbocycles. The third-order valence-electron chi connectivity index (χ3n) is 5.27. The van der Waals surface area contributed by atoms with Gasteiger partial charge >= 0.3 is 12.0 Å². The van der Waals surface area contributed by atoms with Crippen LogP contribution in [-0.2, 0) is 16.7 Å². The number of hydrogen-bond acceptors (Lipinski definition) is 4. The quantitative estimate of drug-likeness (QED) is 0.650. The summed E-state index contributed by atoms with van der Waals surface area (Å²) in [5, 5.41) is 0. The lowest BCUT2D eigenvalue weighted by molar-refractivity contribution is 0.0600. The Morgan fingerprint density at radius 2 is 1.60 bits per heavy atom. The van der Waals surface area contributed by atoms with Crippen molar-refractivity contribution in [1.82, 2.24) is 4.90 Å². The van der Waals surface area contributed by atoms with Gasteiger partial charge in [-0.1, -0.05) is 45.0 Å². The Hall–Kier alpha value is -2.47. The Morgan fingerprint density at radius 3 is 2.13 bits per heavy atom. The number of anilines is 1. The molecule has 1 aliphatic rings. The third-order valence-corrected chi connectivity index (χ3v) is 6.22. The van der Waals surface area contributed by atoms with Gasteiger partial charge in [0.15, 0.2) is 0 Å². The zero-order chi connectivity index (χ0) is 21.7. The molecule has 30 heavy (non-hydrogen) atoms. The number of nitrogens with zero attached hydrogens (tertiary/aromatic N) is 2. The molecule has 0 N–H and O–H groups in total. The zero-order valence-electron chi connectivity index (χ0n) is 18.2. The average molecular weight is 427 g/mol. The van der Waals surface area contributed by atoms with Crippen molar-refractivity contribution < 1.29 is 14.3 Å². The van der Waals surface area contributed by atoms with Crippen LogP contribution >= 0.6 is 11.8 Å². The summed E-state index contributed by atoms with van der Waals surface area (Å²) in [4.78, 5) is 28.8. The van der Waals surface area contributed by atoms with Gasteiger partial charge in [-0.15, -0.1) is 0 Å². The molecule has 0 unspecified atom stereocenters. The Morgan fingerprint density at radius 1 is 1.00 bits per heavy atom. The van der Waals surface area contributed by atoms with Gasteiger partial charge in [-0.25, -0.2) is 9.59 Å². The van der Waals surface area contributed by atoms with Gasteiger partial charge in [-0.2, -0.15) is 11.8 Å². The molecule has 5 nitrogen and oxygen atoms in total. The van der Waals surface area contributed by atoms with Crippen molar-refractivity contribution in [1.29, 1.82) is 0 Å². The van der Waals surface area contributed by atoms with Gasteiger partial charge in [-0.05, 0) is 40.8 Å². The molecule has 2 aromatic carbocycles. The average Bonchev–Trinajstić information content (AvgIpc) is 2.77. The number of carbonyl (C=O) groups is 2. The van der Waals surface area contributed by atoms with Crippen LogP contribution in [0, 0.1) is 0 Å². The summed E-state index contributed by atoms with van der Waals surface area (Å²) in [6, 6.07) is 15.5. The van der Waals surface area contributed by atoms with Gasteiger partial charge in [-0.3, -0.25) is 4.90 Å². The van der Waals surface area contributed by atoms with Crippen molar-refractivity contribution in [3.8, 4) is 0 Å². The summed E-state index contributed by atoms with van der Waals surface area (Å²) in [7, 11) is 1.37. The summed E-state index contributed by atoms with van der Waals surface area (Å²) >= 11 is 1.88. The van der Waals surface area contributed by atoms with Gasteiger partial charge in [0, 0.05) is 30.3 Å². The van der Waals surface area contributed by atoms with Crippen LogP contribution in [0.15, 0.2) is 48.5 Å². The van der Waals surface area contributed by atoms with E-state index < -0.39 is 0 Å². The van der Waals surface area contributed by atoms with Crippen LogP contribution in [0.25, 0.3) is 0 Å². The lowest BCUT2D eigenvalue weighted by Gasteiger charge is -2.33. The van der Waals surface area contributed by atoms with Crippen LogP contribution in [0.1, 0.15) is 42.3 Å². The second-order valence-corrected chi connectivity index (χ2v) is 9.68. The summed E-state index contributed by atoms with van der Waals surface area (Å²) in [5.41, 5.74) is 3.63. The predicted octanol–water partition coefficient (Wildman–Crippen LogP) is 4.95. The molecule has 1 heterocycles. The lowest BCUT2D eigenvalue weighted by Crippen LogP contribution is -2.46. The Balaban J connectivity index is 1.87. The first kappa shape index (κ1) is 22.2. The van der Waals surface area contributed by atoms with E-state index in [9.17, 15) is 9.59 Å². The fourth-order valence-electron chi connectivity index (χ4n) is 3.38. The van der Waals surface area contributed by atoms with Crippen molar-refractivity contribution in [3.63, 3.8) is 0 Å². The smallest absolute Gasteiger partial charge is 0.337 e. The predicted molar refractivity (Wildman–Crippen MR) is 123 cm³/mol. The van der Waals surface area contributed by atoms with E-state index in [2.05, 4.69) is 32.9 Å². The standard InChI is InChI=1S/C24H30N2O3S/c1-24(2,3)20-9-11-21(12-10-20)26(23(28)25-13-15-30-16-14-25)17-18-5-7-19(8-6-18)22(27)29-4/h5-12H,13-17H2,1-4H3. The van der Waals surface area contributed by atoms with Crippen LogP contribution < -0.4 is 4.90 Å². The Labute approximate surface area is 183 Å². The molecule has 0 radical (unpaired) electrons. The number of methoxy groups -OCH3 is 1. The number of thioether (sulfide) groups is 1. The number of rotatable bonds is 4. The first-order chi connectivity index (χ1) is 14.3. The van der Waals surface area contributed by atoms with Crippen LogP contribution in [0.5, 0.6) is 0 Å². The highest BCUT2D eigenvalue weighted by atomic mass is 32.2. The van der Waals surface area contributed by atoms with E-state index in [1.54, 1.807) is 12.1 Å². The van der Waals surface area contributed by atoms with E-state index in [0.717, 1.165) is 35.8 Å². The molecule has 1 aliphatic heterocycles. The number of ether oxygens (including phenoxy) is 1. The SMILES string of the molecule is COC(=O)c1ccc(CN(C(=O)N2CCSCC2)c2ccc(C(C)(C)C)cc2)cc1. The fraction of sp³-hybridized carbons (Fsp3) is 0.417. The molecule has 3 rings (SSSR count). The maximum absolute atomic E-state index is 13.4. The molecule has 1 fully saturated rings. The van der Waals surface area contributed by atoms with E-state index in [1.165, 1.54) is 12.7 Å². The van der Waals surface area contributed by atoms with Crippen molar-refractivity contribution in [3.05, 3.63) is 65.2 Å². The maximum atomic E-state index is 13.4. The van der Waals surface area contributed by atoms with Crippen molar-refractivity contribution >= 4 is 29.4 Å². The monoisotopic (exact) mass is 426 g/mol. The normalized spacial score (nSPS) is 14.3. The number of hydrogen-bond donors (Lipinski definition) is 0. The second-order valence-electron chi connectivity index (χ2n) is 8.45.